The highest BCUT2D eigenvalue weighted by Gasteiger charge is 2.03. The standard InChI is InChI=1S/C12H17ClN2S/c1-3-5-9(2)14-12(16)15-11-7-4-6-10(13)8-11/h4,6-9H,3,5H2,1-2H3,(H2,14,15,16). The van der Waals surface area contributed by atoms with Gasteiger partial charge in [0.05, 0.1) is 0 Å². The molecule has 2 N–H and O–H groups in total. The van der Waals surface area contributed by atoms with Gasteiger partial charge in [0.25, 0.3) is 0 Å². The first-order valence-electron chi connectivity index (χ1n) is 5.45. The van der Waals surface area contributed by atoms with Crippen LogP contribution >= 0.6 is 23.8 Å². The quantitative estimate of drug-likeness (QED) is 0.801. The van der Waals surface area contributed by atoms with E-state index in [1.807, 2.05) is 24.3 Å². The molecular formula is C12H17ClN2S. The number of rotatable bonds is 4. The SMILES string of the molecule is CCCC(C)NC(=S)Nc1cccc(Cl)c1. The third-order valence-electron chi connectivity index (χ3n) is 2.18. The largest absolute Gasteiger partial charge is 0.360 e. The van der Waals surface area contributed by atoms with Crippen LogP contribution in [0.5, 0.6) is 0 Å². The average Bonchev–Trinajstić information content (AvgIpc) is 2.17. The van der Waals surface area contributed by atoms with Crippen molar-refractivity contribution < 1.29 is 0 Å². The van der Waals surface area contributed by atoms with Crippen LogP contribution in [0.1, 0.15) is 26.7 Å². The van der Waals surface area contributed by atoms with Gasteiger partial charge in [-0.3, -0.25) is 0 Å². The molecule has 4 heteroatoms. The first kappa shape index (κ1) is 13.3. The van der Waals surface area contributed by atoms with Crippen molar-refractivity contribution in [2.45, 2.75) is 32.7 Å². The van der Waals surface area contributed by atoms with Gasteiger partial charge in [0.15, 0.2) is 5.11 Å². The highest BCUT2D eigenvalue weighted by atomic mass is 35.5. The molecule has 0 bridgehead atoms. The fraction of sp³-hybridized carbons (Fsp3) is 0.417. The molecule has 0 heterocycles. The van der Waals surface area contributed by atoms with Gasteiger partial charge in [-0.05, 0) is 43.8 Å². The molecule has 1 unspecified atom stereocenters. The lowest BCUT2D eigenvalue weighted by Gasteiger charge is -2.16. The molecular weight excluding hydrogens is 240 g/mol. The summed E-state index contributed by atoms with van der Waals surface area (Å²) in [4.78, 5) is 0. The van der Waals surface area contributed by atoms with Gasteiger partial charge in [0, 0.05) is 16.8 Å². The van der Waals surface area contributed by atoms with Gasteiger partial charge < -0.3 is 10.6 Å². The Bertz CT molecular complexity index is 355. The second-order valence-electron chi connectivity index (χ2n) is 3.80. The molecule has 2 nitrogen and oxygen atoms in total. The lowest BCUT2D eigenvalue weighted by atomic mass is 10.2. The summed E-state index contributed by atoms with van der Waals surface area (Å²) in [6.07, 6.45) is 2.26. The average molecular weight is 257 g/mol. The van der Waals surface area contributed by atoms with E-state index in [0.717, 1.165) is 18.5 Å². The van der Waals surface area contributed by atoms with E-state index < -0.39 is 0 Å². The number of hydrogen-bond donors (Lipinski definition) is 2. The summed E-state index contributed by atoms with van der Waals surface area (Å²) in [7, 11) is 0. The van der Waals surface area contributed by atoms with Gasteiger partial charge in [-0.1, -0.05) is 31.0 Å². The van der Waals surface area contributed by atoms with Crippen molar-refractivity contribution in [2.24, 2.45) is 0 Å². The van der Waals surface area contributed by atoms with Crippen molar-refractivity contribution in [2.75, 3.05) is 5.32 Å². The Kier molecular flexibility index (Phi) is 5.56. The monoisotopic (exact) mass is 256 g/mol. The van der Waals surface area contributed by atoms with E-state index in [9.17, 15) is 0 Å². The zero-order valence-electron chi connectivity index (χ0n) is 9.59. The minimum absolute atomic E-state index is 0.393. The summed E-state index contributed by atoms with van der Waals surface area (Å²) in [5, 5.41) is 7.68. The predicted molar refractivity (Wildman–Crippen MR) is 75.2 cm³/mol. The zero-order chi connectivity index (χ0) is 12.0. The fourth-order valence-corrected chi connectivity index (χ4v) is 1.97. The Morgan fingerprint density at radius 1 is 1.50 bits per heavy atom. The van der Waals surface area contributed by atoms with Crippen LogP contribution in [0.4, 0.5) is 5.69 Å². The van der Waals surface area contributed by atoms with E-state index in [2.05, 4.69) is 24.5 Å². The molecule has 0 radical (unpaired) electrons. The molecule has 88 valence electrons. The maximum atomic E-state index is 5.88. The maximum absolute atomic E-state index is 5.88. The van der Waals surface area contributed by atoms with Gasteiger partial charge in [0.1, 0.15) is 0 Å². The molecule has 0 saturated carbocycles. The van der Waals surface area contributed by atoms with Crippen molar-refractivity contribution in [3.63, 3.8) is 0 Å². The van der Waals surface area contributed by atoms with Crippen LogP contribution in [0.3, 0.4) is 0 Å². The molecule has 1 aromatic rings. The van der Waals surface area contributed by atoms with E-state index in [1.54, 1.807) is 0 Å². The summed E-state index contributed by atoms with van der Waals surface area (Å²) in [5.74, 6) is 0. The van der Waals surface area contributed by atoms with Crippen LogP contribution in [0.2, 0.25) is 5.02 Å². The van der Waals surface area contributed by atoms with E-state index in [1.165, 1.54) is 0 Å². The van der Waals surface area contributed by atoms with Crippen molar-refractivity contribution in [3.8, 4) is 0 Å². The summed E-state index contributed by atoms with van der Waals surface area (Å²) < 4.78 is 0. The van der Waals surface area contributed by atoms with E-state index in [0.29, 0.717) is 16.2 Å². The van der Waals surface area contributed by atoms with Crippen LogP contribution in [0.15, 0.2) is 24.3 Å². The minimum atomic E-state index is 0.393. The molecule has 1 rings (SSSR count). The van der Waals surface area contributed by atoms with Gasteiger partial charge >= 0.3 is 0 Å². The van der Waals surface area contributed by atoms with Crippen LogP contribution in [0, 0.1) is 0 Å². The Morgan fingerprint density at radius 2 is 2.25 bits per heavy atom. The Morgan fingerprint density at radius 3 is 2.88 bits per heavy atom. The molecule has 0 aliphatic carbocycles. The first-order chi connectivity index (χ1) is 7.61. The van der Waals surface area contributed by atoms with E-state index >= 15 is 0 Å². The smallest absolute Gasteiger partial charge is 0.170 e. The minimum Gasteiger partial charge on any atom is -0.360 e. The zero-order valence-corrected chi connectivity index (χ0v) is 11.2. The lowest BCUT2D eigenvalue weighted by molar-refractivity contribution is 0.599. The summed E-state index contributed by atoms with van der Waals surface area (Å²) in [5.41, 5.74) is 0.911. The molecule has 0 aliphatic heterocycles. The number of thiocarbonyl (C=S) groups is 1. The van der Waals surface area contributed by atoms with Gasteiger partial charge in [-0.25, -0.2) is 0 Å². The topological polar surface area (TPSA) is 24.1 Å². The normalized spacial score (nSPS) is 11.9. The molecule has 1 atom stereocenters. The lowest BCUT2D eigenvalue weighted by Crippen LogP contribution is -2.35. The first-order valence-corrected chi connectivity index (χ1v) is 6.23. The number of anilines is 1. The molecule has 0 aromatic heterocycles. The Labute approximate surface area is 107 Å². The van der Waals surface area contributed by atoms with Crippen LogP contribution in [-0.4, -0.2) is 11.2 Å². The molecule has 0 amide bonds. The molecule has 0 aliphatic rings. The Balaban J connectivity index is 2.45. The second-order valence-corrected chi connectivity index (χ2v) is 4.64. The highest BCUT2D eigenvalue weighted by molar-refractivity contribution is 7.80. The molecule has 0 spiro atoms. The third-order valence-corrected chi connectivity index (χ3v) is 2.64. The third kappa shape index (κ3) is 4.81. The summed E-state index contributed by atoms with van der Waals surface area (Å²) >= 11 is 11.1. The molecule has 0 saturated heterocycles. The number of benzene rings is 1. The van der Waals surface area contributed by atoms with Crippen molar-refractivity contribution in [1.82, 2.24) is 5.32 Å². The van der Waals surface area contributed by atoms with Gasteiger partial charge in [-0.15, -0.1) is 0 Å². The van der Waals surface area contributed by atoms with Gasteiger partial charge in [0.2, 0.25) is 0 Å². The van der Waals surface area contributed by atoms with E-state index in [4.69, 9.17) is 23.8 Å². The molecule has 0 fully saturated rings. The van der Waals surface area contributed by atoms with Gasteiger partial charge in [-0.2, -0.15) is 0 Å². The molecule has 1 aromatic carbocycles. The van der Waals surface area contributed by atoms with Crippen LogP contribution < -0.4 is 10.6 Å². The number of nitrogens with one attached hydrogen (secondary N) is 2. The number of halogens is 1. The van der Waals surface area contributed by atoms with Crippen molar-refractivity contribution in [1.29, 1.82) is 0 Å². The summed E-state index contributed by atoms with van der Waals surface area (Å²) in [6, 6.07) is 7.90. The Hall–Kier alpha value is -0.800. The van der Waals surface area contributed by atoms with Crippen LogP contribution in [0.25, 0.3) is 0 Å². The predicted octanol–water partition coefficient (Wildman–Crippen LogP) is 3.82. The van der Waals surface area contributed by atoms with Crippen molar-refractivity contribution >= 4 is 34.6 Å². The summed E-state index contributed by atoms with van der Waals surface area (Å²) in [6.45, 7) is 4.28. The highest BCUT2D eigenvalue weighted by Crippen LogP contribution is 2.14. The van der Waals surface area contributed by atoms with Crippen LogP contribution in [-0.2, 0) is 0 Å². The fourth-order valence-electron chi connectivity index (χ4n) is 1.46. The van der Waals surface area contributed by atoms with Crippen molar-refractivity contribution in [3.05, 3.63) is 29.3 Å². The maximum Gasteiger partial charge on any atom is 0.170 e. The van der Waals surface area contributed by atoms with E-state index in [-0.39, 0.29) is 0 Å². The second kappa shape index (κ2) is 6.71. The number of hydrogen-bond acceptors (Lipinski definition) is 1. The molecule has 16 heavy (non-hydrogen) atoms.